The van der Waals surface area contributed by atoms with Crippen LogP contribution in [-0.2, 0) is 0 Å². The van der Waals surface area contributed by atoms with Crippen LogP contribution < -0.4 is 5.32 Å². The Labute approximate surface area is 79.5 Å². The zero-order valence-corrected chi connectivity index (χ0v) is 8.13. The summed E-state index contributed by atoms with van der Waals surface area (Å²) in [6, 6.07) is 0. The molecule has 0 radical (unpaired) electrons. The predicted molar refractivity (Wildman–Crippen MR) is 50.5 cm³/mol. The highest BCUT2D eigenvalue weighted by molar-refractivity contribution is 5.85. The van der Waals surface area contributed by atoms with Gasteiger partial charge in [-0.1, -0.05) is 6.42 Å². The van der Waals surface area contributed by atoms with Crippen LogP contribution in [0.1, 0.15) is 32.1 Å². The van der Waals surface area contributed by atoms with Crippen molar-refractivity contribution in [3.8, 4) is 0 Å². The molecule has 1 saturated heterocycles. The van der Waals surface area contributed by atoms with Crippen molar-refractivity contribution in [3.05, 3.63) is 0 Å². The van der Waals surface area contributed by atoms with Crippen molar-refractivity contribution in [2.45, 2.75) is 37.8 Å². The lowest BCUT2D eigenvalue weighted by Crippen LogP contribution is -2.46. The topological polar surface area (TPSA) is 12.0 Å². The van der Waals surface area contributed by atoms with Gasteiger partial charge < -0.3 is 5.32 Å². The minimum absolute atomic E-state index is 0. The number of piperidine rings is 1. The van der Waals surface area contributed by atoms with Crippen molar-refractivity contribution in [1.82, 2.24) is 5.32 Å². The largest absolute Gasteiger partial charge is 0.316 e. The average molecular weight is 194 g/mol. The van der Waals surface area contributed by atoms with Crippen molar-refractivity contribution < 1.29 is 4.39 Å². The van der Waals surface area contributed by atoms with E-state index in [1.54, 1.807) is 0 Å². The molecule has 0 unspecified atom stereocenters. The van der Waals surface area contributed by atoms with E-state index in [-0.39, 0.29) is 12.4 Å². The maximum atomic E-state index is 14.0. The van der Waals surface area contributed by atoms with Crippen LogP contribution >= 0.6 is 12.4 Å². The van der Waals surface area contributed by atoms with Crippen LogP contribution in [0.3, 0.4) is 0 Å². The Morgan fingerprint density at radius 3 is 2.17 bits per heavy atom. The minimum Gasteiger partial charge on any atom is -0.316 e. The van der Waals surface area contributed by atoms with E-state index in [2.05, 4.69) is 5.32 Å². The van der Waals surface area contributed by atoms with Crippen LogP contribution in [0.2, 0.25) is 0 Å². The first-order valence-corrected chi connectivity index (χ1v) is 4.71. The average Bonchev–Trinajstić information content (AvgIpc) is 1.83. The molecule has 2 fully saturated rings. The predicted octanol–water partition coefficient (Wildman–Crippen LogP) is 2.30. The van der Waals surface area contributed by atoms with Gasteiger partial charge in [-0.2, -0.15) is 0 Å². The molecule has 72 valence electrons. The third-order valence-electron chi connectivity index (χ3n) is 3.27. The maximum Gasteiger partial charge on any atom is 0.116 e. The summed E-state index contributed by atoms with van der Waals surface area (Å²) in [5.74, 6) is 0.407. The molecule has 1 saturated carbocycles. The Balaban J connectivity index is 0.000000720. The van der Waals surface area contributed by atoms with Crippen LogP contribution in [0.4, 0.5) is 4.39 Å². The summed E-state index contributed by atoms with van der Waals surface area (Å²) < 4.78 is 14.0. The van der Waals surface area contributed by atoms with Crippen LogP contribution in [0, 0.1) is 5.92 Å². The highest BCUT2D eigenvalue weighted by Crippen LogP contribution is 2.43. The van der Waals surface area contributed by atoms with Gasteiger partial charge in [0.15, 0.2) is 0 Å². The van der Waals surface area contributed by atoms with Gasteiger partial charge in [0.25, 0.3) is 0 Å². The van der Waals surface area contributed by atoms with Gasteiger partial charge in [0.2, 0.25) is 0 Å². The second-order valence-corrected chi connectivity index (χ2v) is 3.91. The fourth-order valence-corrected chi connectivity index (χ4v) is 2.18. The van der Waals surface area contributed by atoms with E-state index in [0.29, 0.717) is 5.92 Å². The van der Waals surface area contributed by atoms with Gasteiger partial charge in [-0.3, -0.25) is 0 Å². The highest BCUT2D eigenvalue weighted by Gasteiger charge is 2.42. The molecule has 1 aliphatic heterocycles. The van der Waals surface area contributed by atoms with Crippen molar-refractivity contribution >= 4 is 12.4 Å². The Morgan fingerprint density at radius 1 is 1.17 bits per heavy atom. The molecule has 0 bridgehead atoms. The summed E-state index contributed by atoms with van der Waals surface area (Å²) in [5.41, 5.74) is -0.788. The summed E-state index contributed by atoms with van der Waals surface area (Å²) in [4.78, 5) is 0. The number of alkyl halides is 1. The summed E-state index contributed by atoms with van der Waals surface area (Å²) >= 11 is 0. The van der Waals surface area contributed by atoms with E-state index in [1.807, 2.05) is 0 Å². The molecule has 0 aromatic heterocycles. The lowest BCUT2D eigenvalue weighted by Gasteiger charge is -2.41. The number of rotatable bonds is 1. The van der Waals surface area contributed by atoms with E-state index in [1.165, 1.54) is 6.42 Å². The van der Waals surface area contributed by atoms with Gasteiger partial charge in [-0.05, 0) is 44.7 Å². The second-order valence-electron chi connectivity index (χ2n) is 3.91. The monoisotopic (exact) mass is 193 g/mol. The first-order valence-electron chi connectivity index (χ1n) is 4.71. The molecule has 1 heterocycles. The van der Waals surface area contributed by atoms with Crippen molar-refractivity contribution in [2.75, 3.05) is 13.1 Å². The maximum absolute atomic E-state index is 14.0. The molecule has 0 amide bonds. The molecule has 2 rings (SSSR count). The standard InChI is InChI=1S/C9H16FN.ClH/c10-9(8-2-1-3-8)4-6-11-7-5-9;/h8,11H,1-7H2;1H. The van der Waals surface area contributed by atoms with Crippen molar-refractivity contribution in [2.24, 2.45) is 5.92 Å². The van der Waals surface area contributed by atoms with Crippen LogP contribution in [0.5, 0.6) is 0 Å². The SMILES string of the molecule is Cl.FC1(C2CCC2)CCNCC1. The Morgan fingerprint density at radius 2 is 1.75 bits per heavy atom. The number of hydrogen-bond acceptors (Lipinski definition) is 1. The van der Waals surface area contributed by atoms with Gasteiger partial charge >= 0.3 is 0 Å². The first-order chi connectivity index (χ1) is 5.31. The lowest BCUT2D eigenvalue weighted by atomic mass is 9.70. The van der Waals surface area contributed by atoms with Gasteiger partial charge in [0.1, 0.15) is 5.67 Å². The highest BCUT2D eigenvalue weighted by atomic mass is 35.5. The fourth-order valence-electron chi connectivity index (χ4n) is 2.18. The molecule has 0 aromatic carbocycles. The van der Waals surface area contributed by atoms with E-state index in [0.717, 1.165) is 38.8 Å². The van der Waals surface area contributed by atoms with Crippen LogP contribution in [0.25, 0.3) is 0 Å². The lowest BCUT2D eigenvalue weighted by molar-refractivity contribution is 0.00477. The molecular weight excluding hydrogens is 177 g/mol. The zero-order valence-electron chi connectivity index (χ0n) is 7.31. The summed E-state index contributed by atoms with van der Waals surface area (Å²) in [7, 11) is 0. The molecule has 2 aliphatic rings. The van der Waals surface area contributed by atoms with Gasteiger partial charge in [-0.25, -0.2) is 4.39 Å². The zero-order chi connectivity index (χ0) is 7.73. The number of nitrogens with one attached hydrogen (secondary N) is 1. The van der Waals surface area contributed by atoms with Crippen LogP contribution in [0.15, 0.2) is 0 Å². The fraction of sp³-hybridized carbons (Fsp3) is 1.00. The summed E-state index contributed by atoms with van der Waals surface area (Å²) in [5, 5.41) is 3.20. The Kier molecular flexibility index (Phi) is 3.36. The second kappa shape index (κ2) is 3.93. The smallest absolute Gasteiger partial charge is 0.116 e. The van der Waals surface area contributed by atoms with E-state index in [4.69, 9.17) is 0 Å². The Bertz CT molecular complexity index is 141. The van der Waals surface area contributed by atoms with E-state index < -0.39 is 5.67 Å². The van der Waals surface area contributed by atoms with E-state index >= 15 is 0 Å². The van der Waals surface area contributed by atoms with E-state index in [9.17, 15) is 4.39 Å². The first kappa shape index (κ1) is 10.3. The normalized spacial score (nSPS) is 28.8. The van der Waals surface area contributed by atoms with Gasteiger partial charge in [0, 0.05) is 0 Å². The Hall–Kier alpha value is 0.180. The molecule has 1 N–H and O–H groups in total. The molecule has 0 spiro atoms. The minimum atomic E-state index is -0.788. The van der Waals surface area contributed by atoms with Gasteiger partial charge in [-0.15, -0.1) is 12.4 Å². The molecule has 1 nitrogen and oxygen atoms in total. The third kappa shape index (κ3) is 1.74. The van der Waals surface area contributed by atoms with Crippen molar-refractivity contribution in [3.63, 3.8) is 0 Å². The molecule has 1 aliphatic carbocycles. The molecule has 12 heavy (non-hydrogen) atoms. The van der Waals surface area contributed by atoms with Crippen LogP contribution in [-0.4, -0.2) is 18.8 Å². The van der Waals surface area contributed by atoms with Crippen molar-refractivity contribution in [1.29, 1.82) is 0 Å². The molecule has 0 atom stereocenters. The third-order valence-corrected chi connectivity index (χ3v) is 3.27. The quantitative estimate of drug-likeness (QED) is 0.674. The van der Waals surface area contributed by atoms with Gasteiger partial charge in [0.05, 0.1) is 0 Å². The number of halogens is 2. The molecular formula is C9H17ClFN. The molecule has 3 heteroatoms. The number of hydrogen-bond donors (Lipinski definition) is 1. The summed E-state index contributed by atoms with van der Waals surface area (Å²) in [6.07, 6.45) is 5.02. The summed E-state index contributed by atoms with van der Waals surface area (Å²) in [6.45, 7) is 1.76. The molecule has 0 aromatic rings.